The van der Waals surface area contributed by atoms with E-state index in [0.717, 1.165) is 52.4 Å². The van der Waals surface area contributed by atoms with Gasteiger partial charge in [-0.05, 0) is 25.0 Å². The maximum absolute atomic E-state index is 12.7. The molecule has 3 rings (SSSR count). The van der Waals surface area contributed by atoms with Crippen LogP contribution >= 0.6 is 11.8 Å². The molecule has 2 fully saturated rings. The fourth-order valence-electron chi connectivity index (χ4n) is 3.25. The van der Waals surface area contributed by atoms with E-state index in [4.69, 9.17) is 9.47 Å². The van der Waals surface area contributed by atoms with Gasteiger partial charge >= 0.3 is 0 Å². The van der Waals surface area contributed by atoms with Crippen LogP contribution in [0.15, 0.2) is 29.2 Å². The predicted octanol–water partition coefficient (Wildman–Crippen LogP) is 2.04. The van der Waals surface area contributed by atoms with Crippen LogP contribution in [-0.4, -0.2) is 80.1 Å². The SMILES string of the molecule is Cc1ccccc1SCC(=O)N1CCCO[C@@H](CN2CCOCC2)C1. The lowest BCUT2D eigenvalue weighted by atomic mass is 10.2. The van der Waals surface area contributed by atoms with E-state index in [1.54, 1.807) is 11.8 Å². The molecule has 0 aromatic heterocycles. The molecule has 0 aliphatic carbocycles. The lowest BCUT2D eigenvalue weighted by Gasteiger charge is -2.31. The number of ether oxygens (including phenoxy) is 2. The molecule has 2 saturated heterocycles. The lowest BCUT2D eigenvalue weighted by molar-refractivity contribution is -0.129. The second kappa shape index (κ2) is 9.57. The number of rotatable bonds is 5. The van der Waals surface area contributed by atoms with Crippen molar-refractivity contribution in [1.82, 2.24) is 9.80 Å². The molecule has 0 N–H and O–H groups in total. The van der Waals surface area contributed by atoms with Gasteiger partial charge in [0.05, 0.1) is 25.1 Å². The van der Waals surface area contributed by atoms with E-state index in [1.165, 1.54) is 10.5 Å². The fourth-order valence-corrected chi connectivity index (χ4v) is 4.19. The Morgan fingerprint density at radius 2 is 2.00 bits per heavy atom. The van der Waals surface area contributed by atoms with Gasteiger partial charge in [0.2, 0.25) is 5.91 Å². The average molecular weight is 365 g/mol. The van der Waals surface area contributed by atoms with E-state index in [1.807, 2.05) is 17.0 Å². The van der Waals surface area contributed by atoms with Gasteiger partial charge in [-0.2, -0.15) is 0 Å². The van der Waals surface area contributed by atoms with E-state index >= 15 is 0 Å². The van der Waals surface area contributed by atoms with Gasteiger partial charge in [-0.25, -0.2) is 0 Å². The Bertz CT molecular complexity index is 563. The molecule has 1 aromatic carbocycles. The number of benzene rings is 1. The first-order valence-corrected chi connectivity index (χ1v) is 10.1. The fraction of sp³-hybridized carbons (Fsp3) is 0.632. The lowest BCUT2D eigenvalue weighted by Crippen LogP contribution is -2.46. The minimum Gasteiger partial charge on any atom is -0.379 e. The van der Waals surface area contributed by atoms with E-state index in [-0.39, 0.29) is 12.0 Å². The summed E-state index contributed by atoms with van der Waals surface area (Å²) in [5.74, 6) is 0.709. The Balaban J connectivity index is 1.51. The summed E-state index contributed by atoms with van der Waals surface area (Å²) in [4.78, 5) is 18.2. The number of hydrogen-bond acceptors (Lipinski definition) is 5. The number of amides is 1. The monoisotopic (exact) mass is 364 g/mol. The highest BCUT2D eigenvalue weighted by atomic mass is 32.2. The Hall–Kier alpha value is -1.08. The van der Waals surface area contributed by atoms with E-state index in [9.17, 15) is 4.79 Å². The van der Waals surface area contributed by atoms with Crippen LogP contribution in [0, 0.1) is 6.92 Å². The molecule has 0 unspecified atom stereocenters. The van der Waals surface area contributed by atoms with Crippen LogP contribution in [0.2, 0.25) is 0 Å². The van der Waals surface area contributed by atoms with Crippen molar-refractivity contribution in [3.05, 3.63) is 29.8 Å². The number of carbonyl (C=O) groups is 1. The first-order valence-electron chi connectivity index (χ1n) is 9.10. The number of carbonyl (C=O) groups excluding carboxylic acids is 1. The summed E-state index contributed by atoms with van der Waals surface area (Å²) >= 11 is 1.63. The van der Waals surface area contributed by atoms with Gasteiger partial charge in [0.1, 0.15) is 0 Å². The van der Waals surface area contributed by atoms with Gasteiger partial charge < -0.3 is 14.4 Å². The highest BCUT2D eigenvalue weighted by Crippen LogP contribution is 2.22. The van der Waals surface area contributed by atoms with Crippen molar-refractivity contribution in [2.75, 3.05) is 58.3 Å². The Kier molecular flexibility index (Phi) is 7.16. The Morgan fingerprint density at radius 1 is 1.20 bits per heavy atom. The molecule has 2 aliphatic heterocycles. The largest absolute Gasteiger partial charge is 0.379 e. The van der Waals surface area contributed by atoms with Crippen LogP contribution < -0.4 is 0 Å². The van der Waals surface area contributed by atoms with Crippen molar-refractivity contribution in [1.29, 1.82) is 0 Å². The van der Waals surface area contributed by atoms with Crippen molar-refractivity contribution in [2.24, 2.45) is 0 Å². The van der Waals surface area contributed by atoms with Crippen LogP contribution in [0.1, 0.15) is 12.0 Å². The molecular weight excluding hydrogens is 336 g/mol. The van der Waals surface area contributed by atoms with Gasteiger partial charge in [-0.3, -0.25) is 9.69 Å². The molecule has 0 radical (unpaired) electrons. The van der Waals surface area contributed by atoms with Gasteiger partial charge in [-0.15, -0.1) is 11.8 Å². The van der Waals surface area contributed by atoms with Crippen LogP contribution in [0.25, 0.3) is 0 Å². The highest BCUT2D eigenvalue weighted by Gasteiger charge is 2.25. The predicted molar refractivity (Wildman–Crippen MR) is 100 cm³/mol. The minimum atomic E-state index is 0.105. The Morgan fingerprint density at radius 3 is 2.80 bits per heavy atom. The number of hydrogen-bond donors (Lipinski definition) is 0. The normalized spacial score (nSPS) is 22.6. The smallest absolute Gasteiger partial charge is 0.233 e. The first kappa shape index (κ1) is 18.7. The van der Waals surface area contributed by atoms with Crippen LogP contribution in [-0.2, 0) is 14.3 Å². The van der Waals surface area contributed by atoms with Crippen molar-refractivity contribution in [3.8, 4) is 0 Å². The van der Waals surface area contributed by atoms with Crippen molar-refractivity contribution >= 4 is 17.7 Å². The van der Waals surface area contributed by atoms with Crippen molar-refractivity contribution < 1.29 is 14.3 Å². The quantitative estimate of drug-likeness (QED) is 0.748. The molecule has 0 bridgehead atoms. The summed E-state index contributed by atoms with van der Waals surface area (Å²) in [5, 5.41) is 0. The van der Waals surface area contributed by atoms with Gasteiger partial charge in [0.25, 0.3) is 0 Å². The summed E-state index contributed by atoms with van der Waals surface area (Å²) < 4.78 is 11.4. The number of aryl methyl sites for hydroxylation is 1. The molecule has 1 aromatic rings. The van der Waals surface area contributed by atoms with E-state index < -0.39 is 0 Å². The summed E-state index contributed by atoms with van der Waals surface area (Å²) in [5.41, 5.74) is 1.23. The zero-order valence-electron chi connectivity index (χ0n) is 15.0. The van der Waals surface area contributed by atoms with Gasteiger partial charge in [0.15, 0.2) is 0 Å². The second-order valence-corrected chi connectivity index (χ2v) is 7.67. The van der Waals surface area contributed by atoms with E-state index in [2.05, 4.69) is 24.0 Å². The molecule has 0 spiro atoms. The molecule has 2 heterocycles. The molecule has 0 saturated carbocycles. The Labute approximate surface area is 154 Å². The number of nitrogens with zero attached hydrogens (tertiary/aromatic N) is 2. The minimum absolute atomic E-state index is 0.105. The second-order valence-electron chi connectivity index (χ2n) is 6.65. The molecule has 2 aliphatic rings. The van der Waals surface area contributed by atoms with Crippen molar-refractivity contribution in [2.45, 2.75) is 24.3 Å². The molecular formula is C19H28N2O3S. The third-order valence-electron chi connectivity index (χ3n) is 4.71. The molecule has 138 valence electrons. The van der Waals surface area contributed by atoms with Crippen LogP contribution in [0.3, 0.4) is 0 Å². The van der Waals surface area contributed by atoms with Crippen LogP contribution in [0.4, 0.5) is 0 Å². The number of morpholine rings is 1. The zero-order chi connectivity index (χ0) is 17.5. The zero-order valence-corrected chi connectivity index (χ0v) is 15.8. The van der Waals surface area contributed by atoms with E-state index in [0.29, 0.717) is 12.3 Å². The molecule has 1 amide bonds. The summed E-state index contributed by atoms with van der Waals surface area (Å²) in [6.07, 6.45) is 1.02. The average Bonchev–Trinajstić information content (AvgIpc) is 2.87. The standard InChI is InChI=1S/C19H28N2O3S/c1-16-5-2-3-6-18(16)25-15-19(22)21-7-4-10-24-17(14-21)13-20-8-11-23-12-9-20/h2-3,5-6,17H,4,7-15H2,1H3/t17-/m0/s1. The first-order chi connectivity index (χ1) is 12.2. The summed E-state index contributed by atoms with van der Waals surface area (Å²) in [6.45, 7) is 8.71. The van der Waals surface area contributed by atoms with Crippen LogP contribution in [0.5, 0.6) is 0 Å². The maximum atomic E-state index is 12.7. The topological polar surface area (TPSA) is 42.0 Å². The maximum Gasteiger partial charge on any atom is 0.233 e. The third-order valence-corrected chi connectivity index (χ3v) is 5.87. The third kappa shape index (κ3) is 5.71. The number of thioether (sulfide) groups is 1. The molecule has 25 heavy (non-hydrogen) atoms. The summed E-state index contributed by atoms with van der Waals surface area (Å²) in [6, 6.07) is 8.23. The van der Waals surface area contributed by atoms with Gasteiger partial charge in [-0.1, -0.05) is 18.2 Å². The summed E-state index contributed by atoms with van der Waals surface area (Å²) in [7, 11) is 0. The highest BCUT2D eigenvalue weighted by molar-refractivity contribution is 8.00. The molecule has 6 heteroatoms. The van der Waals surface area contributed by atoms with Crippen molar-refractivity contribution in [3.63, 3.8) is 0 Å². The molecule has 5 nitrogen and oxygen atoms in total. The molecule has 1 atom stereocenters. The van der Waals surface area contributed by atoms with Gasteiger partial charge in [0, 0.05) is 44.2 Å².